The third kappa shape index (κ3) is 5.39. The highest BCUT2D eigenvalue weighted by atomic mass is 19.2. The number of carbonyl (C=O) groups excluding carboxylic acids is 2. The molecule has 22 heavy (non-hydrogen) atoms. The quantitative estimate of drug-likeness (QED) is 0.610. The molecule has 8 heteroatoms. The van der Waals surface area contributed by atoms with E-state index in [2.05, 4.69) is 9.47 Å². The first-order valence-electron chi connectivity index (χ1n) is 6.41. The summed E-state index contributed by atoms with van der Waals surface area (Å²) in [6, 6.07) is 6.71. The van der Waals surface area contributed by atoms with Gasteiger partial charge in [-0.3, -0.25) is 4.79 Å². The number of methoxy groups -OCH3 is 1. The number of nitrogens with zero attached hydrogens (tertiary/aromatic N) is 1. The number of hydrogen-bond acceptors (Lipinski definition) is 5. The number of amides is 1. The van der Waals surface area contributed by atoms with Crippen molar-refractivity contribution in [3.05, 3.63) is 35.9 Å². The van der Waals surface area contributed by atoms with Gasteiger partial charge in [0.15, 0.2) is 6.04 Å². The lowest BCUT2D eigenvalue weighted by Gasteiger charge is -2.19. The molecule has 120 valence electrons. The first-order valence-corrected chi connectivity index (χ1v) is 6.41. The minimum Gasteiger partial charge on any atom is -0.480 e. The molecule has 1 aromatic rings. The summed E-state index contributed by atoms with van der Waals surface area (Å²) in [5.74, 6) is -2.28. The van der Waals surface area contributed by atoms with Gasteiger partial charge in [-0.15, -0.1) is 5.12 Å². The predicted octanol–water partition coefficient (Wildman–Crippen LogP) is 1.92. The highest BCUT2D eigenvalue weighted by Gasteiger charge is 2.32. The number of ether oxygens (including phenoxy) is 2. The van der Waals surface area contributed by atoms with E-state index in [0.29, 0.717) is 5.56 Å². The topological polar surface area (TPSA) is 93.1 Å². The lowest BCUT2D eigenvalue weighted by molar-refractivity contribution is -0.151. The van der Waals surface area contributed by atoms with Gasteiger partial charge in [-0.2, -0.15) is 0 Å². The van der Waals surface area contributed by atoms with E-state index in [4.69, 9.17) is 5.11 Å². The van der Waals surface area contributed by atoms with Gasteiger partial charge in [-0.25, -0.2) is 9.59 Å². The Morgan fingerprint density at radius 1 is 1.27 bits per heavy atom. The number of carboxylic acids is 1. The number of halogens is 1. The van der Waals surface area contributed by atoms with E-state index in [9.17, 15) is 18.9 Å². The van der Waals surface area contributed by atoms with Gasteiger partial charge in [0.05, 0.1) is 7.11 Å². The van der Waals surface area contributed by atoms with Gasteiger partial charge in [0.25, 0.3) is 0 Å². The molecule has 0 aliphatic carbocycles. The maximum Gasteiger partial charge on any atom is 0.439 e. The van der Waals surface area contributed by atoms with E-state index in [1.54, 1.807) is 30.3 Å². The molecule has 0 saturated heterocycles. The van der Waals surface area contributed by atoms with Crippen LogP contribution >= 0.6 is 0 Å². The van der Waals surface area contributed by atoms with E-state index in [1.165, 1.54) is 0 Å². The van der Waals surface area contributed by atoms with Crippen LogP contribution in [0.3, 0.4) is 0 Å². The van der Waals surface area contributed by atoms with Gasteiger partial charge in [0, 0.05) is 6.42 Å². The number of carbonyl (C=O) groups is 3. The van der Waals surface area contributed by atoms with Gasteiger partial charge < -0.3 is 14.6 Å². The summed E-state index contributed by atoms with van der Waals surface area (Å²) < 4.78 is 22.8. The summed E-state index contributed by atoms with van der Waals surface area (Å²) in [5, 5.41) is 8.39. The molecule has 0 unspecified atom stereocenters. The fourth-order valence-electron chi connectivity index (χ4n) is 1.60. The van der Waals surface area contributed by atoms with Crippen LogP contribution in [0.1, 0.15) is 18.4 Å². The van der Waals surface area contributed by atoms with E-state index < -0.39 is 35.6 Å². The summed E-state index contributed by atoms with van der Waals surface area (Å²) in [7, 11) is 1.12. The van der Waals surface area contributed by atoms with Crippen LogP contribution in [-0.2, 0) is 25.7 Å². The van der Waals surface area contributed by atoms with Crippen molar-refractivity contribution in [1.29, 1.82) is 0 Å². The Balaban J connectivity index is 2.56. The molecule has 0 saturated carbocycles. The van der Waals surface area contributed by atoms with Gasteiger partial charge in [-0.05, 0) is 12.0 Å². The van der Waals surface area contributed by atoms with Crippen molar-refractivity contribution < 1.29 is 33.4 Å². The van der Waals surface area contributed by atoms with Crippen LogP contribution in [0.2, 0.25) is 0 Å². The standard InChI is InChI=1S/C14H16FNO6/c1-21-12(17)8-7-11(13(18)19)16(15)14(20)22-9-10-5-3-2-4-6-10/h2-6,11H,7-9H2,1H3,(H,18,19)/t11-/m0/s1. The fourth-order valence-corrected chi connectivity index (χ4v) is 1.60. The van der Waals surface area contributed by atoms with Crippen LogP contribution in [0.4, 0.5) is 9.28 Å². The molecule has 0 heterocycles. The summed E-state index contributed by atoms with van der Waals surface area (Å²) in [5.41, 5.74) is 0.630. The Morgan fingerprint density at radius 2 is 1.91 bits per heavy atom. The second-order valence-corrected chi connectivity index (χ2v) is 4.32. The lowest BCUT2D eigenvalue weighted by atomic mass is 10.1. The highest BCUT2D eigenvalue weighted by molar-refractivity contribution is 5.80. The monoisotopic (exact) mass is 313 g/mol. The molecule has 0 aliphatic rings. The molecule has 0 fully saturated rings. The molecular weight excluding hydrogens is 297 g/mol. The normalized spacial score (nSPS) is 11.4. The number of rotatable bonds is 7. The van der Waals surface area contributed by atoms with Crippen LogP contribution < -0.4 is 0 Å². The number of benzene rings is 1. The molecule has 0 radical (unpaired) electrons. The molecule has 0 bridgehead atoms. The Labute approximate surface area is 126 Å². The number of esters is 1. The smallest absolute Gasteiger partial charge is 0.439 e. The lowest BCUT2D eigenvalue weighted by Crippen LogP contribution is -2.40. The van der Waals surface area contributed by atoms with E-state index >= 15 is 0 Å². The Morgan fingerprint density at radius 3 is 2.45 bits per heavy atom. The van der Waals surface area contributed by atoms with Crippen molar-refractivity contribution in [2.75, 3.05) is 7.11 Å². The number of aliphatic carboxylic acids is 1. The Hall–Kier alpha value is -2.64. The largest absolute Gasteiger partial charge is 0.480 e. The van der Waals surface area contributed by atoms with Crippen LogP contribution in [0.15, 0.2) is 30.3 Å². The number of hydrogen-bond donors (Lipinski definition) is 1. The molecule has 0 aromatic heterocycles. The van der Waals surface area contributed by atoms with Gasteiger partial charge in [0.2, 0.25) is 0 Å². The van der Waals surface area contributed by atoms with Crippen LogP contribution in [0, 0.1) is 0 Å². The molecular formula is C14H16FNO6. The average Bonchev–Trinajstić information content (AvgIpc) is 2.52. The van der Waals surface area contributed by atoms with Crippen molar-refractivity contribution in [2.45, 2.75) is 25.5 Å². The third-order valence-electron chi connectivity index (χ3n) is 2.79. The van der Waals surface area contributed by atoms with Gasteiger partial charge in [0.1, 0.15) is 6.61 Å². The molecule has 1 rings (SSSR count). The Kier molecular flexibility index (Phi) is 6.81. The summed E-state index contributed by atoms with van der Waals surface area (Å²) in [6.07, 6.45) is -2.18. The van der Waals surface area contributed by atoms with Crippen molar-refractivity contribution in [2.24, 2.45) is 0 Å². The molecule has 7 nitrogen and oxygen atoms in total. The zero-order valence-electron chi connectivity index (χ0n) is 11.9. The molecule has 1 aromatic carbocycles. The fraction of sp³-hybridized carbons (Fsp3) is 0.357. The van der Waals surface area contributed by atoms with E-state index in [-0.39, 0.29) is 13.0 Å². The second kappa shape index (κ2) is 8.60. The molecule has 1 atom stereocenters. The predicted molar refractivity (Wildman–Crippen MR) is 72.2 cm³/mol. The molecule has 1 N–H and O–H groups in total. The zero-order chi connectivity index (χ0) is 16.5. The average molecular weight is 313 g/mol. The first kappa shape index (κ1) is 17.4. The minimum absolute atomic E-state index is 0.191. The molecule has 0 aliphatic heterocycles. The second-order valence-electron chi connectivity index (χ2n) is 4.32. The maximum atomic E-state index is 13.8. The summed E-state index contributed by atoms with van der Waals surface area (Å²) in [4.78, 5) is 33.5. The van der Waals surface area contributed by atoms with Crippen molar-refractivity contribution in [3.63, 3.8) is 0 Å². The maximum absolute atomic E-state index is 13.8. The van der Waals surface area contributed by atoms with E-state index in [1.807, 2.05) is 0 Å². The van der Waals surface area contributed by atoms with Crippen LogP contribution in [-0.4, -0.2) is 41.4 Å². The third-order valence-corrected chi connectivity index (χ3v) is 2.79. The summed E-state index contributed by atoms with van der Waals surface area (Å²) >= 11 is 0. The van der Waals surface area contributed by atoms with Gasteiger partial charge in [-0.1, -0.05) is 34.8 Å². The Bertz CT molecular complexity index is 521. The highest BCUT2D eigenvalue weighted by Crippen LogP contribution is 2.12. The minimum atomic E-state index is -1.82. The number of carboxylic acid groups (broad SMARTS) is 1. The van der Waals surface area contributed by atoms with Crippen molar-refractivity contribution in [3.8, 4) is 0 Å². The van der Waals surface area contributed by atoms with Crippen molar-refractivity contribution >= 4 is 18.0 Å². The van der Waals surface area contributed by atoms with Crippen LogP contribution in [0.25, 0.3) is 0 Å². The van der Waals surface area contributed by atoms with E-state index in [0.717, 1.165) is 7.11 Å². The zero-order valence-corrected chi connectivity index (χ0v) is 11.9. The summed E-state index contributed by atoms with van der Waals surface area (Å²) in [6.45, 7) is -0.191. The SMILES string of the molecule is COC(=O)CC[C@@H](C(=O)O)N(F)C(=O)OCc1ccccc1. The van der Waals surface area contributed by atoms with Crippen LogP contribution in [0.5, 0.6) is 0 Å². The molecule has 0 spiro atoms. The molecule has 1 amide bonds. The van der Waals surface area contributed by atoms with Crippen molar-refractivity contribution in [1.82, 2.24) is 5.12 Å². The first-order chi connectivity index (χ1) is 10.5. The van der Waals surface area contributed by atoms with Gasteiger partial charge >= 0.3 is 18.0 Å².